The quantitative estimate of drug-likeness (QED) is 0.161. The topological polar surface area (TPSA) is 56.7 Å². The molecule has 62 heavy (non-hydrogen) atoms. The average molecular weight is 793 g/mol. The van der Waals surface area contributed by atoms with E-state index < -0.39 is 0 Å². The molecule has 0 bridgehead atoms. The standard InChI is InChI=1S/C57H36N4O/c1-4-13-37(14-5-1)40-23-27-42(28-24-40)55-58-56(43-29-25-41(26-30-43)38-15-6-2-7-16-38)60-57(59-55)45-32-34-48-49-20-12-22-51(54(49)62-53(48)36-45)61-50-21-11-10-19-46(50)47-33-31-44(35-52(47)61)39-17-8-3-9-18-39/h1-36H. The van der Waals surface area contributed by atoms with Crippen molar-refractivity contribution in [2.24, 2.45) is 0 Å². The summed E-state index contributed by atoms with van der Waals surface area (Å²) >= 11 is 0. The van der Waals surface area contributed by atoms with Crippen molar-refractivity contribution in [3.8, 4) is 73.2 Å². The Morgan fingerprint density at radius 1 is 0.290 bits per heavy atom. The SMILES string of the molecule is c1ccc(-c2ccc(-c3nc(-c4ccc(-c5ccccc5)cc4)nc(-c4ccc5c(c4)oc4c(-n6c7ccccc7c7ccc(-c8ccccc8)cc76)cccc45)n3)cc2)cc1. The van der Waals surface area contributed by atoms with E-state index in [1.165, 1.54) is 21.9 Å². The summed E-state index contributed by atoms with van der Waals surface area (Å²) in [5.41, 5.74) is 14.4. The van der Waals surface area contributed by atoms with Crippen LogP contribution in [0.25, 0.3) is 117 Å². The highest BCUT2D eigenvalue weighted by Gasteiger charge is 2.20. The van der Waals surface area contributed by atoms with E-state index in [4.69, 9.17) is 19.4 Å². The number of fused-ring (bicyclic) bond motifs is 6. The van der Waals surface area contributed by atoms with Crippen LogP contribution in [0.2, 0.25) is 0 Å². The van der Waals surface area contributed by atoms with E-state index in [0.717, 1.165) is 77.6 Å². The largest absolute Gasteiger partial charge is 0.454 e. The highest BCUT2D eigenvalue weighted by Crippen LogP contribution is 2.40. The Balaban J connectivity index is 0.996. The maximum Gasteiger partial charge on any atom is 0.164 e. The average Bonchev–Trinajstić information content (AvgIpc) is 3.90. The molecule has 0 N–H and O–H groups in total. The number of rotatable bonds is 7. The molecule has 0 unspecified atom stereocenters. The van der Waals surface area contributed by atoms with E-state index in [-0.39, 0.29) is 0 Å². The van der Waals surface area contributed by atoms with Crippen LogP contribution in [-0.4, -0.2) is 19.5 Å². The lowest BCUT2D eigenvalue weighted by molar-refractivity contribution is 0.666. The van der Waals surface area contributed by atoms with E-state index in [9.17, 15) is 0 Å². The van der Waals surface area contributed by atoms with Gasteiger partial charge in [0.1, 0.15) is 5.58 Å². The Kier molecular flexibility index (Phi) is 8.42. The van der Waals surface area contributed by atoms with Crippen LogP contribution in [0.4, 0.5) is 0 Å². The van der Waals surface area contributed by atoms with Crippen LogP contribution in [0.1, 0.15) is 0 Å². The van der Waals surface area contributed by atoms with Gasteiger partial charge in [0.05, 0.1) is 16.7 Å². The second-order valence-corrected chi connectivity index (χ2v) is 15.6. The van der Waals surface area contributed by atoms with E-state index >= 15 is 0 Å². The molecule has 0 spiro atoms. The Morgan fingerprint density at radius 2 is 0.726 bits per heavy atom. The summed E-state index contributed by atoms with van der Waals surface area (Å²) in [6, 6.07) is 76.3. The zero-order chi connectivity index (χ0) is 41.0. The number of para-hydroxylation sites is 2. The summed E-state index contributed by atoms with van der Waals surface area (Å²) in [4.78, 5) is 15.3. The van der Waals surface area contributed by atoms with Gasteiger partial charge in [-0.1, -0.05) is 188 Å². The molecule has 3 aromatic heterocycles. The van der Waals surface area contributed by atoms with Crippen LogP contribution >= 0.6 is 0 Å². The van der Waals surface area contributed by atoms with Gasteiger partial charge in [0, 0.05) is 38.2 Å². The maximum atomic E-state index is 6.93. The van der Waals surface area contributed by atoms with Crippen molar-refractivity contribution in [3.05, 3.63) is 218 Å². The zero-order valence-electron chi connectivity index (χ0n) is 33.5. The number of nitrogens with zero attached hydrogens (tertiary/aromatic N) is 4. The highest BCUT2D eigenvalue weighted by atomic mass is 16.3. The first-order chi connectivity index (χ1) is 30.7. The number of hydrogen-bond acceptors (Lipinski definition) is 4. The molecule has 3 heterocycles. The molecule has 5 heteroatoms. The summed E-state index contributed by atoms with van der Waals surface area (Å²) in [7, 11) is 0. The van der Waals surface area contributed by atoms with Gasteiger partial charge in [0.2, 0.25) is 0 Å². The van der Waals surface area contributed by atoms with Crippen molar-refractivity contribution in [3.63, 3.8) is 0 Å². The number of benzene rings is 9. The smallest absolute Gasteiger partial charge is 0.164 e. The van der Waals surface area contributed by atoms with E-state index in [1.54, 1.807) is 0 Å². The summed E-state index contributed by atoms with van der Waals surface area (Å²) in [6.45, 7) is 0. The highest BCUT2D eigenvalue weighted by molar-refractivity contribution is 6.13. The fourth-order valence-electron chi connectivity index (χ4n) is 8.79. The van der Waals surface area contributed by atoms with Gasteiger partial charge in [0.25, 0.3) is 0 Å². The first kappa shape index (κ1) is 35.5. The summed E-state index contributed by atoms with van der Waals surface area (Å²) in [5, 5.41) is 4.46. The number of hydrogen-bond donors (Lipinski definition) is 0. The molecule has 0 radical (unpaired) electrons. The molecular formula is C57H36N4O. The molecule has 0 aliphatic heterocycles. The summed E-state index contributed by atoms with van der Waals surface area (Å²) in [5.74, 6) is 1.78. The first-order valence-electron chi connectivity index (χ1n) is 20.8. The lowest BCUT2D eigenvalue weighted by Crippen LogP contribution is -2.00. The molecule has 0 atom stereocenters. The molecule has 0 aliphatic carbocycles. The monoisotopic (exact) mass is 792 g/mol. The Bertz CT molecular complexity index is 3490. The van der Waals surface area contributed by atoms with Gasteiger partial charge in [-0.25, -0.2) is 15.0 Å². The number of furan rings is 1. The van der Waals surface area contributed by atoms with Crippen LogP contribution in [0.15, 0.2) is 223 Å². The van der Waals surface area contributed by atoms with Crippen molar-refractivity contribution in [1.29, 1.82) is 0 Å². The third kappa shape index (κ3) is 6.14. The second-order valence-electron chi connectivity index (χ2n) is 15.6. The van der Waals surface area contributed by atoms with Crippen LogP contribution in [0, 0.1) is 0 Å². The minimum absolute atomic E-state index is 0.572. The molecule has 12 aromatic rings. The van der Waals surface area contributed by atoms with Crippen molar-refractivity contribution in [1.82, 2.24) is 19.5 Å². The number of aromatic nitrogens is 4. The Morgan fingerprint density at radius 3 is 1.34 bits per heavy atom. The Hall–Kier alpha value is -8.41. The molecule has 0 fully saturated rings. The van der Waals surface area contributed by atoms with Gasteiger partial charge >= 0.3 is 0 Å². The lowest BCUT2D eigenvalue weighted by Gasteiger charge is -2.10. The molecule has 12 rings (SSSR count). The van der Waals surface area contributed by atoms with Crippen molar-refractivity contribution < 1.29 is 4.42 Å². The normalized spacial score (nSPS) is 11.5. The summed E-state index contributed by atoms with van der Waals surface area (Å²) in [6.07, 6.45) is 0. The van der Waals surface area contributed by atoms with Crippen molar-refractivity contribution in [2.75, 3.05) is 0 Å². The van der Waals surface area contributed by atoms with Crippen LogP contribution in [-0.2, 0) is 0 Å². The van der Waals surface area contributed by atoms with Gasteiger partial charge < -0.3 is 8.98 Å². The first-order valence-corrected chi connectivity index (χ1v) is 20.8. The van der Waals surface area contributed by atoms with Crippen LogP contribution in [0.5, 0.6) is 0 Å². The zero-order valence-corrected chi connectivity index (χ0v) is 33.5. The predicted octanol–water partition coefficient (Wildman–Crippen LogP) is 14.9. The fourth-order valence-corrected chi connectivity index (χ4v) is 8.79. The molecule has 0 amide bonds. The van der Waals surface area contributed by atoms with Gasteiger partial charge in [-0.2, -0.15) is 0 Å². The minimum Gasteiger partial charge on any atom is -0.454 e. The third-order valence-electron chi connectivity index (χ3n) is 11.9. The van der Waals surface area contributed by atoms with Gasteiger partial charge in [-0.3, -0.25) is 0 Å². The maximum absolute atomic E-state index is 6.93. The molecule has 5 nitrogen and oxygen atoms in total. The molecular weight excluding hydrogens is 757 g/mol. The molecule has 0 saturated heterocycles. The van der Waals surface area contributed by atoms with Crippen molar-refractivity contribution >= 4 is 43.7 Å². The summed E-state index contributed by atoms with van der Waals surface area (Å²) < 4.78 is 9.28. The van der Waals surface area contributed by atoms with Gasteiger partial charge in [-0.15, -0.1) is 0 Å². The van der Waals surface area contributed by atoms with Gasteiger partial charge in [0.15, 0.2) is 23.1 Å². The fraction of sp³-hybridized carbons (Fsp3) is 0. The van der Waals surface area contributed by atoms with Crippen LogP contribution < -0.4 is 0 Å². The molecule has 0 aliphatic rings. The second kappa shape index (κ2) is 14.7. The van der Waals surface area contributed by atoms with Gasteiger partial charge in [-0.05, 0) is 63.7 Å². The molecule has 290 valence electrons. The van der Waals surface area contributed by atoms with E-state index in [1.807, 2.05) is 12.1 Å². The third-order valence-corrected chi connectivity index (χ3v) is 11.9. The van der Waals surface area contributed by atoms with E-state index in [2.05, 4.69) is 211 Å². The van der Waals surface area contributed by atoms with E-state index in [0.29, 0.717) is 17.5 Å². The van der Waals surface area contributed by atoms with Crippen molar-refractivity contribution in [2.45, 2.75) is 0 Å². The minimum atomic E-state index is 0.572. The predicted molar refractivity (Wildman–Crippen MR) is 254 cm³/mol. The lowest BCUT2D eigenvalue weighted by atomic mass is 10.0. The molecule has 9 aromatic carbocycles. The Labute approximate surface area is 357 Å². The van der Waals surface area contributed by atoms with Crippen LogP contribution in [0.3, 0.4) is 0 Å². The molecule has 0 saturated carbocycles.